The van der Waals surface area contributed by atoms with Crippen LogP contribution in [-0.2, 0) is 9.53 Å². The molecule has 0 spiro atoms. The molecule has 1 rings (SSSR count). The van der Waals surface area contributed by atoms with E-state index in [1.54, 1.807) is 33.8 Å². The van der Waals surface area contributed by atoms with Gasteiger partial charge in [-0.25, -0.2) is 0 Å². The molecule has 6 heteroatoms. The number of carbonyl (C=O) groups is 1. The molecule has 0 N–H and O–H groups in total. The van der Waals surface area contributed by atoms with Crippen LogP contribution in [0.5, 0.6) is 5.75 Å². The second-order valence-corrected chi connectivity index (χ2v) is 5.33. The van der Waals surface area contributed by atoms with Gasteiger partial charge in [0, 0.05) is 11.6 Å². The summed E-state index contributed by atoms with van der Waals surface area (Å²) in [6, 6.07) is 3.08. The Hall–Kier alpha value is -2.11. The van der Waals surface area contributed by atoms with Gasteiger partial charge in [-0.15, -0.1) is 0 Å². The Kier molecular flexibility index (Phi) is 4.70. The zero-order chi connectivity index (χ0) is 15.5. The van der Waals surface area contributed by atoms with E-state index in [1.807, 2.05) is 0 Å². The summed E-state index contributed by atoms with van der Waals surface area (Å²) in [5, 5.41) is 10.8. The first-order valence-corrected chi connectivity index (χ1v) is 6.16. The van der Waals surface area contributed by atoms with Crippen LogP contribution in [0.25, 0.3) is 0 Å². The van der Waals surface area contributed by atoms with E-state index in [-0.39, 0.29) is 18.3 Å². The molecule has 6 nitrogen and oxygen atoms in total. The molecule has 1 aromatic carbocycles. The van der Waals surface area contributed by atoms with Crippen molar-refractivity contribution in [1.29, 1.82) is 0 Å². The highest BCUT2D eigenvalue weighted by molar-refractivity contribution is 5.75. The van der Waals surface area contributed by atoms with Gasteiger partial charge in [-0.1, -0.05) is 0 Å². The van der Waals surface area contributed by atoms with Gasteiger partial charge in [-0.2, -0.15) is 0 Å². The third kappa shape index (κ3) is 3.46. The fourth-order valence-corrected chi connectivity index (χ4v) is 1.72. The zero-order valence-corrected chi connectivity index (χ0v) is 12.4. The number of ether oxygens (including phenoxy) is 2. The van der Waals surface area contributed by atoms with Gasteiger partial charge in [0.1, 0.15) is 12.4 Å². The molecule has 0 bridgehead atoms. The Morgan fingerprint density at radius 1 is 1.30 bits per heavy atom. The van der Waals surface area contributed by atoms with E-state index >= 15 is 0 Å². The van der Waals surface area contributed by atoms with Crippen molar-refractivity contribution in [1.82, 2.24) is 0 Å². The normalized spacial score (nSPS) is 11.1. The van der Waals surface area contributed by atoms with Gasteiger partial charge in [-0.3, -0.25) is 14.9 Å². The van der Waals surface area contributed by atoms with Crippen LogP contribution in [0.15, 0.2) is 12.1 Å². The van der Waals surface area contributed by atoms with Gasteiger partial charge in [0.15, 0.2) is 0 Å². The molecule has 0 heterocycles. The van der Waals surface area contributed by atoms with Crippen molar-refractivity contribution in [3.05, 3.63) is 33.4 Å². The molecule has 0 aliphatic carbocycles. The molecular weight excluding hydrogens is 262 g/mol. The van der Waals surface area contributed by atoms with Crippen LogP contribution < -0.4 is 4.74 Å². The van der Waals surface area contributed by atoms with Crippen molar-refractivity contribution in [2.24, 2.45) is 5.41 Å². The van der Waals surface area contributed by atoms with Crippen molar-refractivity contribution in [2.75, 3.05) is 13.7 Å². The molecule has 20 heavy (non-hydrogen) atoms. The molecule has 0 aromatic heterocycles. The zero-order valence-electron chi connectivity index (χ0n) is 12.4. The van der Waals surface area contributed by atoms with E-state index < -0.39 is 10.3 Å². The molecule has 0 aliphatic rings. The first kappa shape index (κ1) is 15.9. The smallest absolute Gasteiger partial charge is 0.314 e. The van der Waals surface area contributed by atoms with Crippen LogP contribution in [0, 0.1) is 29.4 Å². The molecule has 0 saturated carbocycles. The van der Waals surface area contributed by atoms with Crippen molar-refractivity contribution in [3.8, 4) is 5.75 Å². The van der Waals surface area contributed by atoms with E-state index in [9.17, 15) is 14.9 Å². The number of nitrogens with zero attached hydrogens (tertiary/aromatic N) is 1. The van der Waals surface area contributed by atoms with Crippen molar-refractivity contribution in [2.45, 2.75) is 27.7 Å². The largest absolute Gasteiger partial charge is 0.492 e. The lowest BCUT2D eigenvalue weighted by Gasteiger charge is -2.22. The number of methoxy groups -OCH3 is 1. The van der Waals surface area contributed by atoms with E-state index in [4.69, 9.17) is 9.47 Å². The van der Waals surface area contributed by atoms with Crippen molar-refractivity contribution < 1.29 is 19.2 Å². The predicted molar refractivity (Wildman–Crippen MR) is 73.9 cm³/mol. The number of hydrogen-bond donors (Lipinski definition) is 0. The number of rotatable bonds is 5. The number of carbonyl (C=O) groups excluding carboxylic acids is 1. The van der Waals surface area contributed by atoms with Crippen LogP contribution in [0.1, 0.15) is 25.0 Å². The molecule has 110 valence electrons. The maximum absolute atomic E-state index is 11.6. The Morgan fingerprint density at radius 2 is 1.90 bits per heavy atom. The fourth-order valence-electron chi connectivity index (χ4n) is 1.72. The third-order valence-electron chi connectivity index (χ3n) is 3.02. The molecule has 0 fully saturated rings. The van der Waals surface area contributed by atoms with Crippen molar-refractivity contribution in [3.63, 3.8) is 0 Å². The van der Waals surface area contributed by atoms with Gasteiger partial charge in [0.2, 0.25) is 0 Å². The Morgan fingerprint density at radius 3 is 2.40 bits per heavy atom. The summed E-state index contributed by atoms with van der Waals surface area (Å²) in [6.07, 6.45) is 0. The Labute approximate surface area is 117 Å². The first-order chi connectivity index (χ1) is 9.19. The van der Waals surface area contributed by atoms with Crippen LogP contribution in [0.4, 0.5) is 5.69 Å². The summed E-state index contributed by atoms with van der Waals surface area (Å²) in [7, 11) is 1.32. The van der Waals surface area contributed by atoms with Crippen LogP contribution in [0.2, 0.25) is 0 Å². The lowest BCUT2D eigenvalue weighted by Crippen LogP contribution is -2.32. The molecule has 0 aliphatic heterocycles. The summed E-state index contributed by atoms with van der Waals surface area (Å²) in [5.41, 5.74) is 0.452. The maximum Gasteiger partial charge on any atom is 0.314 e. The monoisotopic (exact) mass is 281 g/mol. The van der Waals surface area contributed by atoms with Crippen LogP contribution >= 0.6 is 0 Å². The maximum atomic E-state index is 11.6. The van der Waals surface area contributed by atoms with E-state index in [1.165, 1.54) is 13.2 Å². The second kappa shape index (κ2) is 5.90. The van der Waals surface area contributed by atoms with Crippen molar-refractivity contribution >= 4 is 11.7 Å². The van der Waals surface area contributed by atoms with Gasteiger partial charge in [0.05, 0.1) is 17.4 Å². The number of aryl methyl sites for hydroxylation is 2. The highest BCUT2D eigenvalue weighted by atomic mass is 16.6. The minimum atomic E-state index is -0.781. The van der Waals surface area contributed by atoms with Crippen LogP contribution in [0.3, 0.4) is 0 Å². The lowest BCUT2D eigenvalue weighted by molar-refractivity contribution is -0.385. The van der Waals surface area contributed by atoms with Gasteiger partial charge in [-0.05, 0) is 39.3 Å². The summed E-state index contributed by atoms with van der Waals surface area (Å²) in [5.74, 6) is 0.166. The fraction of sp³-hybridized carbons (Fsp3) is 0.500. The molecule has 0 saturated heterocycles. The van der Waals surface area contributed by atoms with E-state index in [0.717, 1.165) is 0 Å². The van der Waals surface area contributed by atoms with E-state index in [0.29, 0.717) is 16.9 Å². The minimum Gasteiger partial charge on any atom is -0.492 e. The molecule has 0 unspecified atom stereocenters. The summed E-state index contributed by atoms with van der Waals surface area (Å²) in [4.78, 5) is 22.0. The molecule has 0 amide bonds. The first-order valence-electron chi connectivity index (χ1n) is 6.16. The quantitative estimate of drug-likeness (QED) is 0.471. The molecular formula is C14H19NO5. The number of hydrogen-bond acceptors (Lipinski definition) is 5. The molecule has 1 aromatic rings. The highest BCUT2D eigenvalue weighted by Gasteiger charge is 2.30. The van der Waals surface area contributed by atoms with Gasteiger partial charge < -0.3 is 9.47 Å². The number of esters is 1. The summed E-state index contributed by atoms with van der Waals surface area (Å²) >= 11 is 0. The Bertz CT molecular complexity index is 537. The standard InChI is InChI=1S/C14H19NO5/c1-9-7-12(10(2)6-11(9)15(17)18)20-8-14(3,4)13(16)19-5/h6-7H,8H2,1-5H3. The molecule has 0 atom stereocenters. The summed E-state index contributed by atoms with van der Waals surface area (Å²) < 4.78 is 10.3. The summed E-state index contributed by atoms with van der Waals surface area (Å²) in [6.45, 7) is 6.94. The topological polar surface area (TPSA) is 78.7 Å². The average Bonchev–Trinajstić information content (AvgIpc) is 2.37. The van der Waals surface area contributed by atoms with Crippen LogP contribution in [-0.4, -0.2) is 24.6 Å². The molecule has 0 radical (unpaired) electrons. The average molecular weight is 281 g/mol. The second-order valence-electron chi connectivity index (χ2n) is 5.33. The SMILES string of the molecule is COC(=O)C(C)(C)COc1cc(C)c([N+](=O)[O-])cc1C. The lowest BCUT2D eigenvalue weighted by atomic mass is 9.95. The highest BCUT2D eigenvalue weighted by Crippen LogP contribution is 2.29. The number of benzene rings is 1. The van der Waals surface area contributed by atoms with E-state index in [2.05, 4.69) is 0 Å². The van der Waals surface area contributed by atoms with Gasteiger partial charge >= 0.3 is 5.97 Å². The third-order valence-corrected chi connectivity index (χ3v) is 3.02. The number of nitro benzene ring substituents is 1. The Balaban J connectivity index is 2.92. The van der Waals surface area contributed by atoms with Gasteiger partial charge in [0.25, 0.3) is 5.69 Å². The number of nitro groups is 1. The predicted octanol–water partition coefficient (Wildman–Crippen LogP) is 2.79. The minimum absolute atomic E-state index is 0.0575.